The van der Waals surface area contributed by atoms with Crippen LogP contribution in [0, 0.1) is 0 Å². The first-order valence-corrected chi connectivity index (χ1v) is 8.75. The Hall–Kier alpha value is -1.70. The van der Waals surface area contributed by atoms with Crippen LogP contribution in [-0.4, -0.2) is 48.7 Å². The molecule has 0 spiro atoms. The van der Waals surface area contributed by atoms with Gasteiger partial charge in [-0.25, -0.2) is 4.98 Å². The fraction of sp³-hybridized carbons (Fsp3) is 0.615. The number of rotatable bonds is 8. The Kier molecular flexibility index (Phi) is 5.49. The van der Waals surface area contributed by atoms with Crippen molar-refractivity contribution in [2.24, 2.45) is 0 Å². The molecule has 21 heavy (non-hydrogen) atoms. The van der Waals surface area contributed by atoms with Crippen molar-refractivity contribution >= 4 is 33.7 Å². The maximum absolute atomic E-state index is 11.4. The van der Waals surface area contributed by atoms with Gasteiger partial charge in [0.2, 0.25) is 5.95 Å². The van der Waals surface area contributed by atoms with Crippen LogP contribution in [-0.2, 0) is 10.8 Å². The Bertz CT molecular complexity index is 614. The molecule has 0 aliphatic carbocycles. The SMILES string of the molecule is CCCNc1nc(NCCC(C)S(C)=O)c2[nH]cnc2n1. The molecule has 0 bridgehead atoms. The first kappa shape index (κ1) is 15.7. The minimum Gasteiger partial charge on any atom is -0.368 e. The Balaban J connectivity index is 2.09. The van der Waals surface area contributed by atoms with Crippen molar-refractivity contribution < 1.29 is 4.21 Å². The van der Waals surface area contributed by atoms with Gasteiger partial charge in [-0.1, -0.05) is 13.8 Å². The zero-order valence-corrected chi connectivity index (χ0v) is 13.5. The van der Waals surface area contributed by atoms with E-state index >= 15 is 0 Å². The van der Waals surface area contributed by atoms with Gasteiger partial charge in [-0.15, -0.1) is 0 Å². The summed E-state index contributed by atoms with van der Waals surface area (Å²) in [6.07, 6.45) is 5.16. The first-order chi connectivity index (χ1) is 10.1. The number of hydrogen-bond acceptors (Lipinski definition) is 6. The molecule has 2 aromatic rings. The topological polar surface area (TPSA) is 95.6 Å². The second kappa shape index (κ2) is 7.35. The maximum Gasteiger partial charge on any atom is 0.226 e. The Morgan fingerprint density at radius 3 is 2.86 bits per heavy atom. The van der Waals surface area contributed by atoms with Crippen molar-refractivity contribution in [3.05, 3.63) is 6.33 Å². The lowest BCUT2D eigenvalue weighted by atomic mass is 10.3. The third-order valence-corrected chi connectivity index (χ3v) is 4.60. The summed E-state index contributed by atoms with van der Waals surface area (Å²) in [4.78, 5) is 16.1. The molecule has 2 atom stereocenters. The van der Waals surface area contributed by atoms with Crippen LogP contribution >= 0.6 is 0 Å². The van der Waals surface area contributed by atoms with Gasteiger partial charge < -0.3 is 15.6 Å². The predicted octanol–water partition coefficient (Wildman–Crippen LogP) is 1.74. The Morgan fingerprint density at radius 1 is 1.33 bits per heavy atom. The minimum absolute atomic E-state index is 0.161. The van der Waals surface area contributed by atoms with Gasteiger partial charge in [0.1, 0.15) is 5.52 Å². The molecule has 0 aromatic carbocycles. The summed E-state index contributed by atoms with van der Waals surface area (Å²) in [6, 6.07) is 0. The van der Waals surface area contributed by atoms with Crippen molar-refractivity contribution in [3.8, 4) is 0 Å². The highest BCUT2D eigenvalue weighted by Crippen LogP contribution is 2.18. The van der Waals surface area contributed by atoms with Crippen molar-refractivity contribution in [1.82, 2.24) is 19.9 Å². The number of aromatic amines is 1. The average molecular weight is 310 g/mol. The number of hydrogen-bond donors (Lipinski definition) is 3. The van der Waals surface area contributed by atoms with Crippen LogP contribution in [0.25, 0.3) is 11.2 Å². The zero-order valence-electron chi connectivity index (χ0n) is 12.6. The van der Waals surface area contributed by atoms with Gasteiger partial charge in [-0.2, -0.15) is 9.97 Å². The van der Waals surface area contributed by atoms with E-state index in [-0.39, 0.29) is 5.25 Å². The molecular weight excluding hydrogens is 288 g/mol. The van der Waals surface area contributed by atoms with E-state index in [9.17, 15) is 4.21 Å². The van der Waals surface area contributed by atoms with Gasteiger partial charge >= 0.3 is 0 Å². The van der Waals surface area contributed by atoms with Crippen molar-refractivity contribution in [2.45, 2.75) is 31.9 Å². The molecule has 0 saturated carbocycles. The number of anilines is 2. The molecule has 2 rings (SSSR count). The van der Waals surface area contributed by atoms with Gasteiger partial charge in [0.15, 0.2) is 11.5 Å². The van der Waals surface area contributed by atoms with Gasteiger partial charge in [0.05, 0.1) is 6.33 Å². The number of H-pyrrole nitrogens is 1. The van der Waals surface area contributed by atoms with E-state index < -0.39 is 10.8 Å². The standard InChI is InChI=1S/C13H22N6OS/c1-4-6-15-13-18-11(10-12(19-13)17-8-16-10)14-7-5-9(2)21(3)20/h8-9H,4-7H2,1-3H3,(H3,14,15,16,17,18,19). The zero-order chi connectivity index (χ0) is 15.2. The lowest BCUT2D eigenvalue weighted by Crippen LogP contribution is -2.16. The molecule has 116 valence electrons. The van der Waals surface area contributed by atoms with Crippen LogP contribution in [0.2, 0.25) is 0 Å². The van der Waals surface area contributed by atoms with Crippen LogP contribution in [0.15, 0.2) is 6.33 Å². The fourth-order valence-electron chi connectivity index (χ4n) is 1.84. The molecule has 0 aliphatic rings. The first-order valence-electron chi connectivity index (χ1n) is 7.13. The van der Waals surface area contributed by atoms with E-state index in [1.807, 2.05) is 6.92 Å². The molecule has 0 aliphatic heterocycles. The van der Waals surface area contributed by atoms with Crippen molar-refractivity contribution in [1.29, 1.82) is 0 Å². The van der Waals surface area contributed by atoms with Crippen LogP contribution < -0.4 is 10.6 Å². The van der Waals surface area contributed by atoms with Crippen LogP contribution in [0.4, 0.5) is 11.8 Å². The number of fused-ring (bicyclic) bond motifs is 1. The van der Waals surface area contributed by atoms with Gasteiger partial charge in [-0.05, 0) is 12.8 Å². The summed E-state index contributed by atoms with van der Waals surface area (Å²) in [5.74, 6) is 1.30. The smallest absolute Gasteiger partial charge is 0.226 e. The summed E-state index contributed by atoms with van der Waals surface area (Å²) in [5, 5.41) is 6.61. The molecule has 2 heterocycles. The molecule has 0 radical (unpaired) electrons. The number of imidazole rings is 1. The number of nitrogens with zero attached hydrogens (tertiary/aromatic N) is 3. The molecular formula is C13H22N6OS. The minimum atomic E-state index is -0.801. The maximum atomic E-state index is 11.4. The van der Waals surface area contributed by atoms with E-state index in [0.29, 0.717) is 18.1 Å². The molecule has 7 nitrogen and oxygen atoms in total. The van der Waals surface area contributed by atoms with Crippen molar-refractivity contribution in [3.63, 3.8) is 0 Å². The second-order valence-electron chi connectivity index (χ2n) is 4.95. The summed E-state index contributed by atoms with van der Waals surface area (Å²) in [5.41, 5.74) is 1.43. The van der Waals surface area contributed by atoms with Crippen LogP contribution in [0.3, 0.4) is 0 Å². The highest BCUT2D eigenvalue weighted by Gasteiger charge is 2.11. The van der Waals surface area contributed by atoms with E-state index in [1.165, 1.54) is 0 Å². The molecule has 0 amide bonds. The van der Waals surface area contributed by atoms with Crippen LogP contribution in [0.1, 0.15) is 26.7 Å². The van der Waals surface area contributed by atoms with E-state index in [1.54, 1.807) is 12.6 Å². The second-order valence-corrected chi connectivity index (χ2v) is 6.75. The summed E-state index contributed by atoms with van der Waals surface area (Å²) >= 11 is 0. The number of aromatic nitrogens is 4. The summed E-state index contributed by atoms with van der Waals surface area (Å²) in [7, 11) is -0.801. The van der Waals surface area contributed by atoms with E-state index in [4.69, 9.17) is 0 Å². The van der Waals surface area contributed by atoms with E-state index in [2.05, 4.69) is 37.5 Å². The quantitative estimate of drug-likeness (QED) is 0.687. The highest BCUT2D eigenvalue weighted by molar-refractivity contribution is 7.84. The summed E-state index contributed by atoms with van der Waals surface area (Å²) in [6.45, 7) is 5.60. The Labute approximate surface area is 126 Å². The van der Waals surface area contributed by atoms with Crippen molar-refractivity contribution in [2.75, 3.05) is 30.0 Å². The van der Waals surface area contributed by atoms with Gasteiger partial charge in [0, 0.05) is 35.4 Å². The third kappa shape index (κ3) is 4.13. The Morgan fingerprint density at radius 2 is 2.14 bits per heavy atom. The monoisotopic (exact) mass is 310 g/mol. The van der Waals surface area contributed by atoms with Gasteiger partial charge in [-0.3, -0.25) is 4.21 Å². The lowest BCUT2D eigenvalue weighted by Gasteiger charge is -2.11. The molecule has 0 saturated heterocycles. The summed E-state index contributed by atoms with van der Waals surface area (Å²) < 4.78 is 11.4. The third-order valence-electron chi connectivity index (χ3n) is 3.23. The van der Waals surface area contributed by atoms with E-state index in [0.717, 1.165) is 30.7 Å². The average Bonchev–Trinajstić information content (AvgIpc) is 2.93. The van der Waals surface area contributed by atoms with Crippen LogP contribution in [0.5, 0.6) is 0 Å². The largest absolute Gasteiger partial charge is 0.368 e. The predicted molar refractivity (Wildman–Crippen MR) is 87.1 cm³/mol. The lowest BCUT2D eigenvalue weighted by molar-refractivity contribution is 0.672. The fourth-order valence-corrected chi connectivity index (χ4v) is 2.29. The molecule has 8 heteroatoms. The molecule has 2 unspecified atom stereocenters. The molecule has 0 fully saturated rings. The molecule has 2 aromatic heterocycles. The van der Waals surface area contributed by atoms with Gasteiger partial charge in [0.25, 0.3) is 0 Å². The normalized spacial score (nSPS) is 14.0. The highest BCUT2D eigenvalue weighted by atomic mass is 32.2. The molecule has 3 N–H and O–H groups in total. The number of nitrogens with one attached hydrogen (secondary N) is 3.